The number of rotatable bonds is 10. The molecule has 0 aliphatic carbocycles. The molecule has 0 saturated carbocycles. The fourth-order valence-electron chi connectivity index (χ4n) is 8.90. The maximum atomic E-state index is 19.7. The lowest BCUT2D eigenvalue weighted by molar-refractivity contribution is 0.768. The number of halogens is 1. The Morgan fingerprint density at radius 2 is 0.774 bits per heavy atom. The Morgan fingerprint density at radius 3 is 1.00 bits per heavy atom. The van der Waals surface area contributed by atoms with Gasteiger partial charge in [0.15, 0.2) is 0 Å². The van der Waals surface area contributed by atoms with Gasteiger partial charge in [-0.05, 0) is 0 Å². The maximum absolute atomic E-state index is 19.7. The van der Waals surface area contributed by atoms with Gasteiger partial charge in [0.1, 0.15) is 7.59 Å². The quantitative estimate of drug-likeness (QED) is 0.224. The Balaban J connectivity index is 4.42. The van der Waals surface area contributed by atoms with Gasteiger partial charge in [-0.2, -0.15) is 0 Å². The molecule has 0 fully saturated rings. The van der Waals surface area contributed by atoms with Crippen LogP contribution in [0, 0.1) is 0 Å². The van der Waals surface area contributed by atoms with Gasteiger partial charge in [-0.1, -0.05) is 165 Å². The van der Waals surface area contributed by atoms with Gasteiger partial charge in [0, 0.05) is 0 Å². The highest BCUT2D eigenvalue weighted by atomic mass is 30.0. The summed E-state index contributed by atoms with van der Waals surface area (Å²) in [7, 11) is -7.04. The zero-order valence-electron chi connectivity index (χ0n) is 23.2. The fraction of sp³-hybridized carbons (Fsp3) is 0.769. The average molecular weight is 497 g/mol. The van der Waals surface area contributed by atoms with E-state index in [0.717, 1.165) is 0 Å². The van der Waals surface area contributed by atoms with Crippen molar-refractivity contribution in [2.75, 3.05) is 0 Å². The van der Waals surface area contributed by atoms with E-state index in [0.29, 0.717) is 33.2 Å². The minimum atomic E-state index is -3.24. The monoisotopic (exact) mass is 496 g/mol. The molecule has 0 aliphatic heterocycles. The molecule has 0 unspecified atom stereocenters. The smallest absolute Gasteiger partial charge is 0.217 e. The van der Waals surface area contributed by atoms with Crippen molar-refractivity contribution in [2.24, 2.45) is 0 Å². The van der Waals surface area contributed by atoms with Crippen LogP contribution < -0.4 is 5.19 Å². The van der Waals surface area contributed by atoms with Crippen molar-refractivity contribution >= 4 is 34.9 Å². The summed E-state index contributed by atoms with van der Waals surface area (Å²) >= 11 is 0. The first-order valence-electron chi connectivity index (χ1n) is 12.8. The van der Waals surface area contributed by atoms with E-state index < -0.39 is 29.7 Å². The molecule has 0 radical (unpaired) electrons. The molecule has 1 aromatic carbocycles. The van der Waals surface area contributed by atoms with Gasteiger partial charge >= 0.3 is 0 Å². The molecular weight excluding hydrogens is 444 g/mol. The van der Waals surface area contributed by atoms with Crippen LogP contribution in [0.2, 0.25) is 46.3 Å². The van der Waals surface area contributed by atoms with Crippen LogP contribution in [-0.4, -0.2) is 29.7 Å². The summed E-state index contributed by atoms with van der Waals surface area (Å²) in [4.78, 5) is 0. The zero-order valence-corrected chi connectivity index (χ0v) is 27.2. The zero-order chi connectivity index (χ0) is 24.6. The summed E-state index contributed by atoms with van der Waals surface area (Å²) < 4.78 is 19.7. The van der Waals surface area contributed by atoms with Crippen LogP contribution in [0.15, 0.2) is 30.3 Å². The highest BCUT2D eigenvalue weighted by Gasteiger charge is 2.79. The first kappa shape index (κ1) is 29.0. The molecule has 0 aromatic heterocycles. The standard InChI is InChI=1S/C26H53FSi4/c1-20(2)29(21(3)4,22(5)6)31(27,28(13,14)26-18-16-15-17-19-26)30(23(7)8,24(9)10)25(11)12/h15-25H,1-14H3. The van der Waals surface area contributed by atoms with Crippen molar-refractivity contribution in [3.8, 4) is 0 Å². The van der Waals surface area contributed by atoms with Gasteiger partial charge in [0.05, 0.1) is 15.2 Å². The Kier molecular flexibility index (Phi) is 9.47. The first-order valence-corrected chi connectivity index (χ1v) is 25.1. The van der Waals surface area contributed by atoms with Crippen LogP contribution in [0.3, 0.4) is 0 Å². The van der Waals surface area contributed by atoms with Crippen molar-refractivity contribution < 1.29 is 4.11 Å². The summed E-state index contributed by atoms with van der Waals surface area (Å²) in [6.07, 6.45) is 0. The molecule has 0 heterocycles. The minimum Gasteiger partial charge on any atom is -0.325 e. The Bertz CT molecular complexity index is 617. The van der Waals surface area contributed by atoms with Crippen LogP contribution >= 0.6 is 0 Å². The summed E-state index contributed by atoms with van der Waals surface area (Å²) in [5.74, 6) is 0. The molecular formula is C26H53FSi4. The van der Waals surface area contributed by atoms with Crippen LogP contribution in [-0.2, 0) is 0 Å². The van der Waals surface area contributed by atoms with Crippen molar-refractivity contribution in [1.82, 2.24) is 0 Å². The summed E-state index contributed by atoms with van der Waals surface area (Å²) in [6, 6.07) is 11.0. The van der Waals surface area contributed by atoms with Crippen molar-refractivity contribution in [3.05, 3.63) is 30.3 Å². The second kappa shape index (κ2) is 10.1. The predicted molar refractivity (Wildman–Crippen MR) is 153 cm³/mol. The molecule has 0 spiro atoms. The summed E-state index contributed by atoms with van der Waals surface area (Å²) in [6.45, 7) is 30.5. The van der Waals surface area contributed by atoms with Gasteiger partial charge in [0.2, 0.25) is 6.96 Å². The predicted octanol–water partition coefficient (Wildman–Crippen LogP) is 9.11. The summed E-state index contributed by atoms with van der Waals surface area (Å²) in [5.41, 5.74) is 2.85. The molecule has 31 heavy (non-hydrogen) atoms. The molecule has 0 N–H and O–H groups in total. The SMILES string of the molecule is CC(C)[Si](C(C)C)(C(C)C)[Si](F)([Si](C)(C)c1ccccc1)[Si](C(C)C)(C(C)C)C(C)C. The molecule has 1 rings (SSSR count). The maximum Gasteiger partial charge on any atom is 0.217 e. The summed E-state index contributed by atoms with van der Waals surface area (Å²) in [5, 5.41) is 1.38. The number of benzene rings is 1. The van der Waals surface area contributed by atoms with Crippen LogP contribution in [0.4, 0.5) is 4.11 Å². The van der Waals surface area contributed by atoms with Crippen LogP contribution in [0.1, 0.15) is 83.1 Å². The fourth-order valence-corrected chi connectivity index (χ4v) is 111. The van der Waals surface area contributed by atoms with E-state index in [1.807, 2.05) is 0 Å². The lowest BCUT2D eigenvalue weighted by atomic mass is 10.4. The normalized spacial score (nSPS) is 14.7. The van der Waals surface area contributed by atoms with Gasteiger partial charge in [0.25, 0.3) is 0 Å². The van der Waals surface area contributed by atoms with Gasteiger partial charge in [-0.15, -0.1) is 0 Å². The molecule has 180 valence electrons. The van der Waals surface area contributed by atoms with E-state index in [9.17, 15) is 0 Å². The largest absolute Gasteiger partial charge is 0.325 e. The van der Waals surface area contributed by atoms with E-state index >= 15 is 4.11 Å². The Hall–Kier alpha value is 0.0175. The molecule has 5 heteroatoms. The van der Waals surface area contributed by atoms with E-state index in [1.54, 1.807) is 0 Å². The Morgan fingerprint density at radius 1 is 0.516 bits per heavy atom. The number of hydrogen-bond donors (Lipinski definition) is 0. The molecule has 0 atom stereocenters. The van der Waals surface area contributed by atoms with Gasteiger partial charge < -0.3 is 4.11 Å². The third-order valence-corrected chi connectivity index (χ3v) is 77.1. The highest BCUT2D eigenvalue weighted by Crippen LogP contribution is 2.60. The third-order valence-electron chi connectivity index (χ3n) is 9.28. The van der Waals surface area contributed by atoms with Crippen molar-refractivity contribution in [1.29, 1.82) is 0 Å². The highest BCUT2D eigenvalue weighted by molar-refractivity contribution is 7.90. The second-order valence-electron chi connectivity index (χ2n) is 12.4. The van der Waals surface area contributed by atoms with E-state index in [2.05, 4.69) is 127 Å². The van der Waals surface area contributed by atoms with Crippen molar-refractivity contribution in [3.63, 3.8) is 0 Å². The topological polar surface area (TPSA) is 0 Å². The van der Waals surface area contributed by atoms with Crippen LogP contribution in [0.25, 0.3) is 0 Å². The van der Waals surface area contributed by atoms with E-state index in [1.165, 1.54) is 5.19 Å². The number of hydrogen-bond acceptors (Lipinski definition) is 0. The molecule has 0 bridgehead atoms. The molecule has 0 aliphatic rings. The molecule has 0 amide bonds. The molecule has 0 nitrogen and oxygen atoms in total. The molecule has 0 saturated heterocycles. The second-order valence-corrected chi connectivity index (χ2v) is 47.9. The lowest BCUT2D eigenvalue weighted by Crippen LogP contribution is -2.92. The minimum absolute atomic E-state index is 0.475. The third kappa shape index (κ3) is 3.97. The lowest BCUT2D eigenvalue weighted by Gasteiger charge is -2.66. The first-order chi connectivity index (χ1) is 14.0. The van der Waals surface area contributed by atoms with Gasteiger partial charge in [-0.3, -0.25) is 0 Å². The van der Waals surface area contributed by atoms with E-state index in [-0.39, 0.29) is 0 Å². The molecule has 1 aromatic rings. The average Bonchev–Trinajstić information content (AvgIpc) is 2.61. The van der Waals surface area contributed by atoms with E-state index in [4.69, 9.17) is 0 Å². The van der Waals surface area contributed by atoms with Crippen molar-refractivity contribution in [2.45, 2.75) is 129 Å². The van der Waals surface area contributed by atoms with Crippen LogP contribution in [0.5, 0.6) is 0 Å². The Labute approximate surface area is 198 Å². The van der Waals surface area contributed by atoms with Gasteiger partial charge in [-0.25, -0.2) is 0 Å².